The molecular formula is C17H25N3O. The summed E-state index contributed by atoms with van der Waals surface area (Å²) >= 11 is 0. The second kappa shape index (κ2) is 7.84. The molecule has 0 radical (unpaired) electrons. The van der Waals surface area contributed by atoms with Crippen LogP contribution in [-0.2, 0) is 6.54 Å². The van der Waals surface area contributed by atoms with Gasteiger partial charge in [-0.2, -0.15) is 5.10 Å². The van der Waals surface area contributed by atoms with Crippen molar-refractivity contribution in [2.45, 2.75) is 39.3 Å². The fraction of sp³-hybridized carbons (Fsp3) is 0.471. The second-order valence-electron chi connectivity index (χ2n) is 5.12. The molecule has 114 valence electrons. The zero-order valence-electron chi connectivity index (χ0n) is 13.2. The number of methoxy groups -OCH3 is 1. The lowest BCUT2D eigenvalue weighted by molar-refractivity contribution is 0.397. The number of ether oxygens (including phenoxy) is 1. The van der Waals surface area contributed by atoms with E-state index in [1.54, 1.807) is 7.11 Å². The molecule has 2 rings (SSSR count). The number of aromatic nitrogens is 2. The molecular weight excluding hydrogens is 262 g/mol. The first kappa shape index (κ1) is 15.6. The number of rotatable bonds is 8. The predicted molar refractivity (Wildman–Crippen MR) is 85.6 cm³/mol. The van der Waals surface area contributed by atoms with Gasteiger partial charge in [-0.3, -0.25) is 4.68 Å². The molecule has 4 heteroatoms. The topological polar surface area (TPSA) is 39.1 Å². The monoisotopic (exact) mass is 287 g/mol. The fourth-order valence-corrected chi connectivity index (χ4v) is 2.52. The Balaban J connectivity index is 2.42. The van der Waals surface area contributed by atoms with Gasteiger partial charge >= 0.3 is 0 Å². The summed E-state index contributed by atoms with van der Waals surface area (Å²) < 4.78 is 7.59. The first-order valence-electron chi connectivity index (χ1n) is 7.69. The van der Waals surface area contributed by atoms with Crippen LogP contribution in [0.25, 0.3) is 0 Å². The van der Waals surface area contributed by atoms with Crippen molar-refractivity contribution in [2.75, 3.05) is 13.7 Å². The zero-order chi connectivity index (χ0) is 15.1. The highest BCUT2D eigenvalue weighted by atomic mass is 16.5. The van der Waals surface area contributed by atoms with E-state index in [2.05, 4.69) is 53.2 Å². The minimum atomic E-state index is 0.107. The molecule has 21 heavy (non-hydrogen) atoms. The zero-order valence-corrected chi connectivity index (χ0v) is 13.2. The maximum absolute atomic E-state index is 5.53. The van der Waals surface area contributed by atoms with Gasteiger partial charge in [0.05, 0.1) is 19.3 Å². The van der Waals surface area contributed by atoms with Crippen molar-refractivity contribution in [3.63, 3.8) is 0 Å². The highest BCUT2D eigenvalue weighted by Gasteiger charge is 2.22. The quantitative estimate of drug-likeness (QED) is 0.809. The molecule has 4 nitrogen and oxygen atoms in total. The normalized spacial score (nSPS) is 12.3. The van der Waals surface area contributed by atoms with E-state index in [9.17, 15) is 0 Å². The molecule has 1 aromatic heterocycles. The third-order valence-corrected chi connectivity index (χ3v) is 3.51. The fourth-order valence-electron chi connectivity index (χ4n) is 2.52. The second-order valence-corrected chi connectivity index (χ2v) is 5.12. The Hall–Kier alpha value is -1.81. The van der Waals surface area contributed by atoms with Gasteiger partial charge in [0.15, 0.2) is 5.75 Å². The van der Waals surface area contributed by atoms with Crippen molar-refractivity contribution in [2.24, 2.45) is 0 Å². The molecule has 0 spiro atoms. The van der Waals surface area contributed by atoms with Gasteiger partial charge in [0.1, 0.15) is 5.69 Å². The van der Waals surface area contributed by atoms with Gasteiger partial charge in [-0.05, 0) is 24.9 Å². The molecule has 1 unspecified atom stereocenters. The van der Waals surface area contributed by atoms with Crippen LogP contribution in [0.2, 0.25) is 0 Å². The van der Waals surface area contributed by atoms with Gasteiger partial charge < -0.3 is 10.1 Å². The highest BCUT2D eigenvalue weighted by Crippen LogP contribution is 2.30. The van der Waals surface area contributed by atoms with Crippen molar-refractivity contribution in [1.82, 2.24) is 15.1 Å². The Morgan fingerprint density at radius 2 is 1.95 bits per heavy atom. The average molecular weight is 287 g/mol. The Labute approximate surface area is 127 Å². The summed E-state index contributed by atoms with van der Waals surface area (Å²) in [5.41, 5.74) is 2.35. The SMILES string of the molecule is CCCNC(c1ccccc1)c1c(OC)cnn1CCC. The van der Waals surface area contributed by atoms with E-state index in [0.717, 1.165) is 37.4 Å². The van der Waals surface area contributed by atoms with Gasteiger partial charge in [-0.1, -0.05) is 44.2 Å². The Kier molecular flexibility index (Phi) is 5.81. The van der Waals surface area contributed by atoms with Gasteiger partial charge in [0.25, 0.3) is 0 Å². The maximum Gasteiger partial charge on any atom is 0.161 e. The van der Waals surface area contributed by atoms with Crippen LogP contribution in [0.15, 0.2) is 36.5 Å². The number of hydrogen-bond donors (Lipinski definition) is 1. The van der Waals surface area contributed by atoms with Gasteiger partial charge in [0.2, 0.25) is 0 Å². The van der Waals surface area contributed by atoms with Crippen molar-refractivity contribution in [1.29, 1.82) is 0 Å². The average Bonchev–Trinajstić information content (AvgIpc) is 2.92. The van der Waals surface area contributed by atoms with Gasteiger partial charge in [-0.15, -0.1) is 0 Å². The summed E-state index contributed by atoms with van der Waals surface area (Å²) in [5, 5.41) is 8.10. The number of aryl methyl sites for hydroxylation is 1. The molecule has 1 N–H and O–H groups in total. The molecule has 0 fully saturated rings. The van der Waals surface area contributed by atoms with Crippen LogP contribution in [0, 0.1) is 0 Å². The number of hydrogen-bond acceptors (Lipinski definition) is 3. The summed E-state index contributed by atoms with van der Waals surface area (Å²) in [4.78, 5) is 0. The van der Waals surface area contributed by atoms with E-state index in [0.29, 0.717) is 0 Å². The van der Waals surface area contributed by atoms with Crippen LogP contribution >= 0.6 is 0 Å². The molecule has 1 heterocycles. The van der Waals surface area contributed by atoms with Gasteiger partial charge in [-0.25, -0.2) is 0 Å². The summed E-state index contributed by atoms with van der Waals surface area (Å²) in [6.45, 7) is 6.19. The smallest absolute Gasteiger partial charge is 0.161 e. The third kappa shape index (κ3) is 3.64. The third-order valence-electron chi connectivity index (χ3n) is 3.51. The molecule has 0 aliphatic carbocycles. The molecule has 1 atom stereocenters. The van der Waals surface area contributed by atoms with Crippen molar-refractivity contribution < 1.29 is 4.74 Å². The lowest BCUT2D eigenvalue weighted by Crippen LogP contribution is -2.26. The van der Waals surface area contributed by atoms with Crippen LogP contribution in [-0.4, -0.2) is 23.4 Å². The largest absolute Gasteiger partial charge is 0.493 e. The Morgan fingerprint density at radius 1 is 1.19 bits per heavy atom. The number of nitrogens with zero attached hydrogens (tertiary/aromatic N) is 2. The Bertz CT molecular complexity index is 536. The molecule has 0 aliphatic heterocycles. The minimum Gasteiger partial charge on any atom is -0.493 e. The maximum atomic E-state index is 5.53. The predicted octanol–water partition coefficient (Wildman–Crippen LogP) is 3.39. The first-order valence-corrected chi connectivity index (χ1v) is 7.69. The van der Waals surface area contributed by atoms with Crippen LogP contribution in [0.4, 0.5) is 0 Å². The van der Waals surface area contributed by atoms with Crippen molar-refractivity contribution >= 4 is 0 Å². The van der Waals surface area contributed by atoms with Crippen LogP contribution in [0.3, 0.4) is 0 Å². The van der Waals surface area contributed by atoms with E-state index < -0.39 is 0 Å². The number of benzene rings is 1. The van der Waals surface area contributed by atoms with Crippen LogP contribution in [0.1, 0.15) is 44.0 Å². The molecule has 0 amide bonds. The van der Waals surface area contributed by atoms with E-state index >= 15 is 0 Å². The van der Waals surface area contributed by atoms with Gasteiger partial charge in [0, 0.05) is 6.54 Å². The minimum absolute atomic E-state index is 0.107. The van der Waals surface area contributed by atoms with Crippen LogP contribution in [0.5, 0.6) is 5.75 Å². The Morgan fingerprint density at radius 3 is 2.57 bits per heavy atom. The van der Waals surface area contributed by atoms with E-state index in [4.69, 9.17) is 4.74 Å². The summed E-state index contributed by atoms with van der Waals surface area (Å²) in [6, 6.07) is 10.6. The standard InChI is InChI=1S/C17H25N3O/c1-4-11-18-16(14-9-7-6-8-10-14)17-15(21-3)13-19-20(17)12-5-2/h6-10,13,16,18H,4-5,11-12H2,1-3H3. The number of nitrogens with one attached hydrogen (secondary N) is 1. The molecule has 0 saturated carbocycles. The summed E-state index contributed by atoms with van der Waals surface area (Å²) in [6.07, 6.45) is 3.95. The highest BCUT2D eigenvalue weighted by molar-refractivity contribution is 5.36. The molecule has 0 bridgehead atoms. The molecule has 1 aromatic carbocycles. The van der Waals surface area contributed by atoms with E-state index in [-0.39, 0.29) is 6.04 Å². The van der Waals surface area contributed by atoms with Crippen LogP contribution < -0.4 is 10.1 Å². The first-order chi connectivity index (χ1) is 10.3. The van der Waals surface area contributed by atoms with E-state index in [1.807, 2.05) is 12.3 Å². The summed E-state index contributed by atoms with van der Waals surface area (Å²) in [7, 11) is 1.71. The summed E-state index contributed by atoms with van der Waals surface area (Å²) in [5.74, 6) is 0.848. The van der Waals surface area contributed by atoms with Crippen molar-refractivity contribution in [3.8, 4) is 5.75 Å². The molecule has 0 saturated heterocycles. The van der Waals surface area contributed by atoms with E-state index in [1.165, 1.54) is 5.56 Å². The molecule has 2 aromatic rings. The molecule has 0 aliphatic rings. The lowest BCUT2D eigenvalue weighted by atomic mass is 10.0. The lowest BCUT2D eigenvalue weighted by Gasteiger charge is -2.21. The van der Waals surface area contributed by atoms with Crippen molar-refractivity contribution in [3.05, 3.63) is 47.8 Å².